The van der Waals surface area contributed by atoms with Crippen molar-refractivity contribution in [2.75, 3.05) is 24.6 Å². The van der Waals surface area contributed by atoms with Crippen LogP contribution in [0.5, 0.6) is 0 Å². The number of primary amides is 1. The van der Waals surface area contributed by atoms with Crippen LogP contribution in [-0.4, -0.2) is 131 Å². The van der Waals surface area contributed by atoms with Gasteiger partial charge >= 0.3 is 0 Å². The number of guanidine groups is 2. The highest BCUT2D eigenvalue weighted by atomic mass is 33.1. The number of carbonyl (C=O) groups is 8. The predicted molar refractivity (Wildman–Crippen MR) is 264 cm³/mol. The Balaban J connectivity index is 1.70. The molecule has 1 aliphatic heterocycles. The van der Waals surface area contributed by atoms with Crippen molar-refractivity contribution in [1.82, 2.24) is 52.8 Å². The summed E-state index contributed by atoms with van der Waals surface area (Å²) >= 11 is 0. The molecule has 0 saturated carbocycles. The lowest BCUT2D eigenvalue weighted by atomic mass is 10.0. The van der Waals surface area contributed by atoms with Crippen molar-refractivity contribution in [2.45, 2.75) is 101 Å². The van der Waals surface area contributed by atoms with E-state index in [0.717, 1.165) is 21.7 Å². The molecule has 2 heterocycles. The minimum Gasteiger partial charge on any atom is -0.370 e. The average Bonchev–Trinajstić information content (AvgIpc) is 3.71. The van der Waals surface area contributed by atoms with E-state index in [1.165, 1.54) is 24.6 Å². The summed E-state index contributed by atoms with van der Waals surface area (Å²) < 4.78 is 0. The lowest BCUT2D eigenvalue weighted by Gasteiger charge is -2.27. The first-order valence-corrected chi connectivity index (χ1v) is 24.8. The zero-order valence-corrected chi connectivity index (χ0v) is 40.0. The molecule has 4 rings (SSSR count). The highest BCUT2D eigenvalue weighted by molar-refractivity contribution is 8.76. The monoisotopic (exact) mass is 993 g/mol. The van der Waals surface area contributed by atoms with Gasteiger partial charge in [-0.25, -0.2) is 0 Å². The Morgan fingerprint density at radius 3 is 2.03 bits per heavy atom. The van der Waals surface area contributed by atoms with Gasteiger partial charge < -0.3 is 70.0 Å². The number of aromatic amines is 1. The van der Waals surface area contributed by atoms with Crippen molar-refractivity contribution >= 4 is 91.7 Å². The summed E-state index contributed by atoms with van der Waals surface area (Å²) in [4.78, 5) is 113. The standard InChI is InChI=1S/C44H63N15O8S2/c1-24-37(62)57-33(20-26-10-4-3-5-11-26)41(66)55-31(15-9-18-51-44(48)49)40(65)58-34(21-27-22-52-29-13-7-6-12-28(27)29)42(67)59-35(36(45)61)23-69-68-19-16-32(38(63)53-24)56-39(64)30(54-25(2)60)14-8-17-50-43(46)47/h3-7,10-13,22,24,30-35,52H,8-9,14-21,23H2,1-2H3,(H2,45,61)(H,53,63)(H,54,60)(H,55,66)(H,56,64)(H,57,62)(H,58,65)(H,59,67)(H4,46,47,50)(H4,48,49,51)/t24-,30-,31-,32-,33+,34-,35-/m0/s1. The Morgan fingerprint density at radius 1 is 0.739 bits per heavy atom. The quantitative estimate of drug-likeness (QED) is 0.0326. The van der Waals surface area contributed by atoms with Crippen LogP contribution < -0.4 is 65.1 Å². The summed E-state index contributed by atoms with van der Waals surface area (Å²) in [6.07, 6.45) is 2.26. The number of aromatic nitrogens is 1. The molecule has 23 nitrogen and oxygen atoms in total. The van der Waals surface area contributed by atoms with Crippen LogP contribution in [0.15, 0.2) is 60.8 Å². The van der Waals surface area contributed by atoms with Gasteiger partial charge in [-0.15, -0.1) is 0 Å². The predicted octanol–water partition coefficient (Wildman–Crippen LogP) is -1.82. The molecule has 1 saturated heterocycles. The zero-order chi connectivity index (χ0) is 50.5. The van der Waals surface area contributed by atoms with Crippen molar-refractivity contribution in [3.63, 3.8) is 0 Å². The van der Waals surface area contributed by atoms with Crippen LogP contribution in [0.25, 0.3) is 10.9 Å². The number of fused-ring (bicyclic) bond motifs is 1. The summed E-state index contributed by atoms with van der Waals surface area (Å²) in [6, 6.07) is 7.37. The maximum atomic E-state index is 14.4. The van der Waals surface area contributed by atoms with Gasteiger partial charge in [-0.1, -0.05) is 70.1 Å². The molecule has 0 bridgehead atoms. The van der Waals surface area contributed by atoms with E-state index in [0.29, 0.717) is 17.5 Å². The molecule has 1 fully saturated rings. The molecular formula is C44H63N15O8S2. The number of nitrogens with two attached hydrogens (primary N) is 3. The Kier molecular flexibility index (Phi) is 21.9. The van der Waals surface area contributed by atoms with E-state index in [4.69, 9.17) is 28.0 Å². The lowest BCUT2D eigenvalue weighted by molar-refractivity contribution is -0.135. The van der Waals surface area contributed by atoms with Gasteiger partial charge in [0.1, 0.15) is 42.3 Å². The summed E-state index contributed by atoms with van der Waals surface area (Å²) in [5.41, 5.74) is 18.7. The van der Waals surface area contributed by atoms with Crippen molar-refractivity contribution < 1.29 is 38.4 Å². The maximum absolute atomic E-state index is 14.4. The van der Waals surface area contributed by atoms with Crippen molar-refractivity contribution in [1.29, 1.82) is 10.8 Å². The van der Waals surface area contributed by atoms with Crippen LogP contribution in [0.3, 0.4) is 0 Å². The van der Waals surface area contributed by atoms with Gasteiger partial charge in [-0.2, -0.15) is 0 Å². The smallest absolute Gasteiger partial charge is 0.243 e. The van der Waals surface area contributed by atoms with E-state index in [9.17, 15) is 38.4 Å². The molecule has 18 N–H and O–H groups in total. The molecule has 25 heteroatoms. The van der Waals surface area contributed by atoms with Gasteiger partial charge in [0.15, 0.2) is 11.9 Å². The van der Waals surface area contributed by atoms with E-state index in [1.807, 2.05) is 24.3 Å². The number of rotatable bonds is 16. The molecule has 8 amide bonds. The third-order valence-electron chi connectivity index (χ3n) is 10.8. The Hall–Kier alpha value is -7.02. The Labute approximate surface area is 407 Å². The molecule has 1 aromatic heterocycles. The number of benzene rings is 2. The first-order chi connectivity index (χ1) is 32.9. The zero-order valence-electron chi connectivity index (χ0n) is 38.4. The fraction of sp³-hybridized carbons (Fsp3) is 0.455. The molecular weight excluding hydrogens is 931 g/mol. The van der Waals surface area contributed by atoms with Gasteiger partial charge in [-0.05, 0) is 56.2 Å². The van der Waals surface area contributed by atoms with Crippen LogP contribution in [0.1, 0.15) is 57.1 Å². The SMILES string of the molecule is CC(=O)N[C@@H](CCCNC(=N)N)C(=O)N[C@H]1CCSSC[C@@H](C(N)=O)NC(=O)[C@H](Cc2c[nH]c3ccccc23)NC(=O)[C@H](CCCNC(=N)N)NC(=O)[C@@H](Cc2ccccc2)NC(=O)[C@H](C)NC1=O. The molecule has 0 aliphatic carbocycles. The first-order valence-electron chi connectivity index (χ1n) is 22.3. The Bertz CT molecular complexity index is 2300. The molecule has 69 heavy (non-hydrogen) atoms. The van der Waals surface area contributed by atoms with Crippen molar-refractivity contribution in [3.8, 4) is 0 Å². The number of hydrogen-bond donors (Lipinski definition) is 15. The number of amides is 8. The number of carbonyl (C=O) groups excluding carboxylic acids is 8. The van der Waals surface area contributed by atoms with E-state index in [1.54, 1.807) is 36.5 Å². The Morgan fingerprint density at radius 2 is 1.35 bits per heavy atom. The number of hydrogen-bond acceptors (Lipinski definition) is 12. The van der Waals surface area contributed by atoms with Crippen LogP contribution in [-0.2, 0) is 51.2 Å². The molecule has 7 atom stereocenters. The van der Waals surface area contributed by atoms with E-state index in [-0.39, 0.29) is 75.0 Å². The second kappa shape index (κ2) is 27.7. The molecule has 0 radical (unpaired) electrons. The van der Waals surface area contributed by atoms with Gasteiger partial charge in [0.2, 0.25) is 47.3 Å². The number of para-hydroxylation sites is 1. The topological polar surface area (TPSA) is 386 Å². The van der Waals surface area contributed by atoms with Gasteiger partial charge in [-0.3, -0.25) is 49.2 Å². The molecule has 3 aromatic rings. The van der Waals surface area contributed by atoms with Crippen LogP contribution in [0.4, 0.5) is 0 Å². The molecule has 1 aliphatic rings. The lowest BCUT2D eigenvalue weighted by Crippen LogP contribution is -2.60. The van der Waals surface area contributed by atoms with E-state index in [2.05, 4.69) is 52.8 Å². The average molecular weight is 994 g/mol. The second-order valence-corrected chi connectivity index (χ2v) is 18.9. The minimum absolute atomic E-state index is 0.00303. The molecule has 0 spiro atoms. The molecule has 2 aromatic carbocycles. The number of H-pyrrole nitrogens is 1. The normalized spacial score (nSPS) is 21.6. The third-order valence-corrected chi connectivity index (χ3v) is 13.2. The summed E-state index contributed by atoms with van der Waals surface area (Å²) in [5.74, 6) is -6.29. The van der Waals surface area contributed by atoms with Crippen molar-refractivity contribution in [3.05, 3.63) is 71.9 Å². The fourth-order valence-electron chi connectivity index (χ4n) is 7.20. The van der Waals surface area contributed by atoms with Crippen molar-refractivity contribution in [2.24, 2.45) is 17.2 Å². The highest BCUT2D eigenvalue weighted by Gasteiger charge is 2.34. The largest absolute Gasteiger partial charge is 0.370 e. The second-order valence-electron chi connectivity index (χ2n) is 16.3. The van der Waals surface area contributed by atoms with Gasteiger partial charge in [0.05, 0.1) is 0 Å². The number of nitrogens with one attached hydrogen (secondary N) is 12. The fourth-order valence-corrected chi connectivity index (χ4v) is 9.47. The third kappa shape index (κ3) is 18.5. The summed E-state index contributed by atoms with van der Waals surface area (Å²) in [7, 11) is 2.36. The first kappa shape index (κ1) is 54.6. The van der Waals surface area contributed by atoms with Gasteiger partial charge in [0, 0.05) is 61.5 Å². The van der Waals surface area contributed by atoms with Gasteiger partial charge in [0.25, 0.3) is 0 Å². The highest BCUT2D eigenvalue weighted by Crippen LogP contribution is 2.24. The van der Waals surface area contributed by atoms with Crippen LogP contribution in [0, 0.1) is 10.8 Å². The maximum Gasteiger partial charge on any atom is 0.243 e. The van der Waals surface area contributed by atoms with Crippen LogP contribution >= 0.6 is 21.6 Å². The summed E-state index contributed by atoms with van der Waals surface area (Å²) in [5, 5.41) is 39.8. The van der Waals surface area contributed by atoms with Crippen LogP contribution in [0.2, 0.25) is 0 Å². The molecule has 0 unspecified atom stereocenters. The minimum atomic E-state index is -1.31. The summed E-state index contributed by atoms with van der Waals surface area (Å²) in [6.45, 7) is 3.01. The van der Waals surface area contributed by atoms with E-state index < -0.39 is 89.6 Å². The van der Waals surface area contributed by atoms with E-state index >= 15 is 0 Å². The molecule has 374 valence electrons.